The molecule has 0 saturated carbocycles. The number of thiocarbonyl (C=S) groups is 1. The zero-order valence-corrected chi connectivity index (χ0v) is 10.5. The van der Waals surface area contributed by atoms with E-state index >= 15 is 0 Å². The van der Waals surface area contributed by atoms with Crippen molar-refractivity contribution in [3.05, 3.63) is 0 Å². The van der Waals surface area contributed by atoms with E-state index in [0.717, 1.165) is 25.1 Å². The van der Waals surface area contributed by atoms with Gasteiger partial charge in [0.25, 0.3) is 0 Å². The number of nitrogens with zero attached hydrogens (tertiary/aromatic N) is 1. The van der Waals surface area contributed by atoms with Crippen molar-refractivity contribution >= 4 is 28.6 Å². The van der Waals surface area contributed by atoms with E-state index in [1.807, 2.05) is 0 Å². The van der Waals surface area contributed by atoms with Crippen LogP contribution in [0.4, 0.5) is 0 Å². The van der Waals surface area contributed by atoms with Crippen molar-refractivity contribution in [2.45, 2.75) is 38.5 Å². The summed E-state index contributed by atoms with van der Waals surface area (Å²) in [7, 11) is 0. The van der Waals surface area contributed by atoms with Crippen molar-refractivity contribution in [1.29, 1.82) is 0 Å². The molecule has 82 valence electrons. The predicted molar refractivity (Wildman–Crippen MR) is 66.5 cm³/mol. The molecule has 0 aliphatic carbocycles. The fourth-order valence-electron chi connectivity index (χ4n) is 1.25. The molecule has 0 fully saturated rings. The van der Waals surface area contributed by atoms with Crippen LogP contribution in [-0.4, -0.2) is 28.3 Å². The quantitative estimate of drug-likeness (QED) is 0.266. The zero-order valence-electron chi connectivity index (χ0n) is 8.83. The molecule has 2 nitrogen and oxygen atoms in total. The second-order valence-electron chi connectivity index (χ2n) is 3.37. The molecule has 1 atom stereocenters. The van der Waals surface area contributed by atoms with E-state index in [-0.39, 0.29) is 0 Å². The number of isothiocyanates is 1. The Morgan fingerprint density at radius 2 is 1.71 bits per heavy atom. The van der Waals surface area contributed by atoms with Gasteiger partial charge in [0.15, 0.2) is 0 Å². The van der Waals surface area contributed by atoms with E-state index in [1.165, 1.54) is 25.7 Å². The van der Waals surface area contributed by atoms with E-state index in [4.69, 9.17) is 0 Å². The fraction of sp³-hybridized carbons (Fsp3) is 0.900. The standard InChI is InChI=1S/C10H19NOS2/c1-14(12)9-7-5-3-2-4-6-8-11-10-13/h2-9H2,1H3/t14-/m1/s1. The summed E-state index contributed by atoms with van der Waals surface area (Å²) < 4.78 is 10.7. The summed E-state index contributed by atoms with van der Waals surface area (Å²) in [5, 5.41) is 2.37. The minimum absolute atomic E-state index is 0.612. The van der Waals surface area contributed by atoms with Gasteiger partial charge in [-0.1, -0.05) is 30.4 Å². The van der Waals surface area contributed by atoms with Crippen LogP contribution in [0.15, 0.2) is 4.99 Å². The molecule has 0 bridgehead atoms. The lowest BCUT2D eigenvalue weighted by atomic mass is 10.1. The second-order valence-corrected chi connectivity index (χ2v) is 5.11. The number of aliphatic imine (C=N–C) groups is 1. The first-order valence-electron chi connectivity index (χ1n) is 5.11. The van der Waals surface area contributed by atoms with Crippen molar-refractivity contribution in [2.24, 2.45) is 4.99 Å². The van der Waals surface area contributed by atoms with Crippen LogP contribution in [0.5, 0.6) is 0 Å². The van der Waals surface area contributed by atoms with Crippen LogP contribution >= 0.6 is 12.2 Å². The Kier molecular flexibility index (Phi) is 11.3. The number of hydrogen-bond donors (Lipinski definition) is 0. The molecule has 0 aromatic heterocycles. The van der Waals surface area contributed by atoms with E-state index in [9.17, 15) is 4.55 Å². The van der Waals surface area contributed by atoms with Crippen molar-refractivity contribution in [3.63, 3.8) is 0 Å². The van der Waals surface area contributed by atoms with Crippen LogP contribution in [-0.2, 0) is 11.2 Å². The molecule has 0 aliphatic heterocycles. The number of rotatable bonds is 9. The molecule has 0 saturated heterocycles. The third-order valence-electron chi connectivity index (χ3n) is 2.02. The normalized spacial score (nSPS) is 12.1. The molecule has 0 N–H and O–H groups in total. The molecule has 0 aliphatic rings. The first-order chi connectivity index (χ1) is 6.77. The molecule has 0 unspecified atom stereocenters. The zero-order chi connectivity index (χ0) is 10.6. The maximum Gasteiger partial charge on any atom is 0.105 e. The molecule has 0 aromatic rings. The molecule has 0 radical (unpaired) electrons. The fourth-order valence-corrected chi connectivity index (χ4v) is 1.95. The Labute approximate surface area is 95.4 Å². The van der Waals surface area contributed by atoms with E-state index in [0.29, 0.717) is 0 Å². The van der Waals surface area contributed by atoms with Crippen LogP contribution in [0.2, 0.25) is 0 Å². The highest BCUT2D eigenvalue weighted by Crippen LogP contribution is 2.06. The van der Waals surface area contributed by atoms with Gasteiger partial charge in [-0.05, 0) is 31.5 Å². The van der Waals surface area contributed by atoms with Gasteiger partial charge >= 0.3 is 0 Å². The SMILES string of the molecule is C[S@@+]([O-])CCCCCCCCN=C=S. The van der Waals surface area contributed by atoms with Gasteiger partial charge in [-0.15, -0.1) is 0 Å². The minimum Gasteiger partial charge on any atom is -0.617 e. The van der Waals surface area contributed by atoms with E-state index < -0.39 is 11.2 Å². The average molecular weight is 233 g/mol. The van der Waals surface area contributed by atoms with Gasteiger partial charge in [-0.25, -0.2) is 4.99 Å². The first-order valence-corrected chi connectivity index (χ1v) is 7.24. The summed E-state index contributed by atoms with van der Waals surface area (Å²) in [5.41, 5.74) is 0. The topological polar surface area (TPSA) is 35.4 Å². The Morgan fingerprint density at radius 3 is 2.29 bits per heavy atom. The second kappa shape index (κ2) is 11.2. The van der Waals surface area contributed by atoms with Crippen molar-refractivity contribution in [1.82, 2.24) is 0 Å². The lowest BCUT2D eigenvalue weighted by Crippen LogP contribution is -2.02. The van der Waals surface area contributed by atoms with Crippen LogP contribution in [0.1, 0.15) is 38.5 Å². The number of hydrogen-bond acceptors (Lipinski definition) is 3. The molecule has 4 heteroatoms. The molecule has 0 aromatic carbocycles. The van der Waals surface area contributed by atoms with Gasteiger partial charge in [-0.3, -0.25) is 0 Å². The van der Waals surface area contributed by atoms with Crippen LogP contribution < -0.4 is 0 Å². The third kappa shape index (κ3) is 12.1. The molecule has 0 rings (SSSR count). The van der Waals surface area contributed by atoms with Crippen molar-refractivity contribution in [3.8, 4) is 0 Å². The summed E-state index contributed by atoms with van der Waals surface area (Å²) in [6, 6.07) is 0. The van der Waals surface area contributed by atoms with Gasteiger partial charge in [-0.2, -0.15) is 0 Å². The van der Waals surface area contributed by atoms with Gasteiger partial charge in [0.2, 0.25) is 0 Å². The van der Waals surface area contributed by atoms with Gasteiger partial charge in [0.05, 0.1) is 11.4 Å². The largest absolute Gasteiger partial charge is 0.617 e. The van der Waals surface area contributed by atoms with Crippen LogP contribution in [0, 0.1) is 0 Å². The summed E-state index contributed by atoms with van der Waals surface area (Å²) in [4.78, 5) is 3.85. The van der Waals surface area contributed by atoms with Crippen molar-refractivity contribution in [2.75, 3.05) is 18.6 Å². The Hall–Kier alpha value is 0.110. The molecular formula is C10H19NOS2. The van der Waals surface area contributed by atoms with Crippen LogP contribution in [0.25, 0.3) is 0 Å². The summed E-state index contributed by atoms with van der Waals surface area (Å²) in [6.07, 6.45) is 8.90. The maximum atomic E-state index is 10.7. The molecule has 0 heterocycles. The first kappa shape index (κ1) is 14.1. The minimum atomic E-state index is -0.612. The Balaban J connectivity index is 2.95. The summed E-state index contributed by atoms with van der Waals surface area (Å²) >= 11 is 3.85. The lowest BCUT2D eigenvalue weighted by molar-refractivity contribution is 0.585. The molecule has 14 heavy (non-hydrogen) atoms. The van der Waals surface area contributed by atoms with E-state index in [2.05, 4.69) is 22.4 Å². The molecular weight excluding hydrogens is 214 g/mol. The predicted octanol–water partition coefficient (Wildman–Crippen LogP) is 2.81. The maximum absolute atomic E-state index is 10.7. The smallest absolute Gasteiger partial charge is 0.105 e. The van der Waals surface area contributed by atoms with E-state index in [1.54, 1.807) is 6.26 Å². The van der Waals surface area contributed by atoms with Crippen LogP contribution in [0.3, 0.4) is 0 Å². The summed E-state index contributed by atoms with van der Waals surface area (Å²) in [6.45, 7) is 0.822. The van der Waals surface area contributed by atoms with Gasteiger partial charge < -0.3 is 4.55 Å². The lowest BCUT2D eigenvalue weighted by Gasteiger charge is -2.03. The van der Waals surface area contributed by atoms with Gasteiger partial charge in [0.1, 0.15) is 5.75 Å². The molecule has 0 spiro atoms. The van der Waals surface area contributed by atoms with Crippen molar-refractivity contribution < 1.29 is 4.55 Å². The Morgan fingerprint density at radius 1 is 1.14 bits per heavy atom. The average Bonchev–Trinajstić information content (AvgIpc) is 2.15. The Bertz CT molecular complexity index is 168. The summed E-state index contributed by atoms with van der Waals surface area (Å²) in [5.74, 6) is 0.856. The van der Waals surface area contributed by atoms with Gasteiger partial charge in [0, 0.05) is 6.54 Å². The third-order valence-corrected chi connectivity index (χ3v) is 3.01. The highest BCUT2D eigenvalue weighted by molar-refractivity contribution is 7.90. The highest BCUT2D eigenvalue weighted by atomic mass is 32.2. The molecule has 0 amide bonds. The highest BCUT2D eigenvalue weighted by Gasteiger charge is 1.96. The monoisotopic (exact) mass is 233 g/mol. The number of unbranched alkanes of at least 4 members (excludes halogenated alkanes) is 5.